The van der Waals surface area contributed by atoms with Crippen molar-refractivity contribution in [1.82, 2.24) is 0 Å². The van der Waals surface area contributed by atoms with Crippen LogP contribution in [-0.2, 0) is 0 Å². The third kappa shape index (κ3) is 4.57. The summed E-state index contributed by atoms with van der Waals surface area (Å²) in [6.45, 7) is 0. The van der Waals surface area contributed by atoms with E-state index in [4.69, 9.17) is 0 Å². The van der Waals surface area contributed by atoms with Crippen LogP contribution in [0.2, 0.25) is 0 Å². The van der Waals surface area contributed by atoms with Gasteiger partial charge in [-0.1, -0.05) is 0 Å². The van der Waals surface area contributed by atoms with Gasteiger partial charge in [-0.05, 0) is 0 Å². The number of hydrogen-bond donors (Lipinski definition) is 0. The molecule has 106 valence electrons. The molecule has 2 aromatic carbocycles. The van der Waals surface area contributed by atoms with E-state index in [1.165, 1.54) is 11.4 Å². The van der Waals surface area contributed by atoms with Crippen molar-refractivity contribution < 1.29 is 0 Å². The first-order valence-corrected chi connectivity index (χ1v) is 16.1. The van der Waals surface area contributed by atoms with E-state index in [0.717, 1.165) is 0 Å². The van der Waals surface area contributed by atoms with Crippen LogP contribution in [0.25, 0.3) is 0 Å². The third-order valence-electron chi connectivity index (χ3n) is 2.92. The number of hydrogen-bond acceptors (Lipinski definition) is 2. The maximum atomic E-state index is 2.36. The van der Waals surface area contributed by atoms with E-state index in [-0.39, 0.29) is 34.1 Å². The van der Waals surface area contributed by atoms with Gasteiger partial charge >= 0.3 is 139 Å². The Morgan fingerprint density at radius 2 is 1.25 bits per heavy atom. The summed E-state index contributed by atoms with van der Waals surface area (Å²) in [4.78, 5) is 4.34. The zero-order valence-electron chi connectivity index (χ0n) is 12.3. The average molecular weight is 496 g/mol. The molecule has 0 aliphatic rings. The molecule has 4 heteroatoms. The van der Waals surface area contributed by atoms with E-state index < -0.39 is 0 Å². The van der Waals surface area contributed by atoms with Gasteiger partial charge in [-0.25, -0.2) is 0 Å². The van der Waals surface area contributed by atoms with Crippen LogP contribution in [0, 0.1) is 0 Å². The monoisotopic (exact) mass is 500 g/mol. The molecule has 0 amide bonds. The molecule has 2 aromatic rings. The number of benzene rings is 2. The molecule has 0 spiro atoms. The Morgan fingerprint density at radius 1 is 0.650 bits per heavy atom. The summed E-state index contributed by atoms with van der Waals surface area (Å²) in [5, 5.41) is 0. The first-order valence-electron chi connectivity index (χ1n) is 6.45. The number of rotatable bonds is 5. The molecule has 0 heterocycles. The molecular weight excluding hydrogens is 475 g/mol. The van der Waals surface area contributed by atoms with Crippen molar-refractivity contribution in [1.29, 1.82) is 0 Å². The van der Waals surface area contributed by atoms with Gasteiger partial charge < -0.3 is 0 Å². The second-order valence-electron chi connectivity index (χ2n) is 4.95. The Kier molecular flexibility index (Phi) is 6.06. The summed E-state index contributed by atoms with van der Waals surface area (Å²) in [5.74, 6) is 0. The molecule has 0 radical (unpaired) electrons. The van der Waals surface area contributed by atoms with Gasteiger partial charge in [0.2, 0.25) is 0 Å². The van der Waals surface area contributed by atoms with Crippen LogP contribution in [0.15, 0.2) is 48.5 Å². The third-order valence-corrected chi connectivity index (χ3v) is 14.7. The Balaban J connectivity index is 1.99. The van der Waals surface area contributed by atoms with Gasteiger partial charge in [-0.15, -0.1) is 0 Å². The molecule has 2 rings (SSSR count). The SMILES string of the molecule is CN(C)c1ccc([Te][Te]c2cccc(N(C)C)c2)cc1. The van der Waals surface area contributed by atoms with E-state index in [9.17, 15) is 0 Å². The van der Waals surface area contributed by atoms with Crippen molar-refractivity contribution in [3.63, 3.8) is 0 Å². The molecule has 20 heavy (non-hydrogen) atoms. The predicted molar refractivity (Wildman–Crippen MR) is 92.3 cm³/mol. The quantitative estimate of drug-likeness (QED) is 0.574. The maximum absolute atomic E-state index is 2.36. The molecule has 0 aliphatic carbocycles. The topological polar surface area (TPSA) is 6.48 Å². The van der Waals surface area contributed by atoms with E-state index >= 15 is 0 Å². The van der Waals surface area contributed by atoms with Crippen LogP contribution in [0.5, 0.6) is 0 Å². The molecule has 0 fully saturated rings. The molecular formula is C16H20N2Te2. The van der Waals surface area contributed by atoms with Crippen molar-refractivity contribution in [2.75, 3.05) is 38.0 Å². The second kappa shape index (κ2) is 7.58. The van der Waals surface area contributed by atoms with Gasteiger partial charge in [0.05, 0.1) is 0 Å². The van der Waals surface area contributed by atoms with Gasteiger partial charge in [-0.3, -0.25) is 0 Å². The summed E-state index contributed by atoms with van der Waals surface area (Å²) in [6.07, 6.45) is 0. The van der Waals surface area contributed by atoms with E-state index in [1.807, 2.05) is 0 Å². The van der Waals surface area contributed by atoms with E-state index in [1.54, 1.807) is 7.22 Å². The fourth-order valence-electron chi connectivity index (χ4n) is 1.71. The van der Waals surface area contributed by atoms with Crippen molar-refractivity contribution in [3.05, 3.63) is 48.5 Å². The zero-order chi connectivity index (χ0) is 14.5. The van der Waals surface area contributed by atoms with Gasteiger partial charge in [0.15, 0.2) is 0 Å². The standard InChI is InChI=1S/C16H20N2Te2/c1-17(2)13-8-10-15(11-9-13)19-20-16-7-5-6-14(12-16)18(3)4/h5-12H,1-4H3. The molecule has 0 N–H and O–H groups in total. The Labute approximate surface area is 138 Å². The molecule has 0 aromatic heterocycles. The second-order valence-corrected chi connectivity index (χ2v) is 15.0. The normalized spacial score (nSPS) is 10.4. The van der Waals surface area contributed by atoms with Crippen molar-refractivity contribution in [2.24, 2.45) is 0 Å². The van der Waals surface area contributed by atoms with E-state index in [2.05, 4.69) is 86.5 Å². The first kappa shape index (κ1) is 16.0. The van der Waals surface area contributed by atoms with Gasteiger partial charge in [0.25, 0.3) is 0 Å². The van der Waals surface area contributed by atoms with Gasteiger partial charge in [0, 0.05) is 0 Å². The fourth-order valence-corrected chi connectivity index (χ4v) is 11.6. The summed E-state index contributed by atoms with van der Waals surface area (Å²) >= 11 is -0.0341. The van der Waals surface area contributed by atoms with Crippen LogP contribution in [0.1, 0.15) is 0 Å². The van der Waals surface area contributed by atoms with E-state index in [0.29, 0.717) is 0 Å². The minimum absolute atomic E-state index is 0.0136. The molecule has 0 aliphatic heterocycles. The Hall–Kier alpha value is -0.381. The fraction of sp³-hybridized carbons (Fsp3) is 0.250. The molecule has 0 bridgehead atoms. The van der Waals surface area contributed by atoms with Gasteiger partial charge in [0.1, 0.15) is 0 Å². The van der Waals surface area contributed by atoms with Crippen molar-refractivity contribution in [2.45, 2.75) is 0 Å². The van der Waals surface area contributed by atoms with Crippen LogP contribution in [-0.4, -0.2) is 62.3 Å². The molecule has 2 nitrogen and oxygen atoms in total. The summed E-state index contributed by atoms with van der Waals surface area (Å²) < 4.78 is 3.17. The number of anilines is 2. The van der Waals surface area contributed by atoms with Gasteiger partial charge in [-0.2, -0.15) is 0 Å². The molecule has 0 saturated heterocycles. The Bertz CT molecular complexity index is 551. The molecule has 0 saturated carbocycles. The van der Waals surface area contributed by atoms with Crippen LogP contribution in [0.4, 0.5) is 11.4 Å². The van der Waals surface area contributed by atoms with Crippen LogP contribution >= 0.6 is 0 Å². The minimum atomic E-state index is -0.0204. The molecule has 0 unspecified atom stereocenters. The average Bonchev–Trinajstić information content (AvgIpc) is 2.46. The summed E-state index contributed by atoms with van der Waals surface area (Å²) in [7, 11) is 8.39. The molecule has 0 atom stereocenters. The van der Waals surface area contributed by atoms with Crippen LogP contribution in [0.3, 0.4) is 0 Å². The zero-order valence-corrected chi connectivity index (χ0v) is 17.0. The first-order chi connectivity index (χ1) is 9.56. The number of nitrogens with zero attached hydrogens (tertiary/aromatic N) is 2. The summed E-state index contributed by atoms with van der Waals surface area (Å²) in [6, 6.07) is 18.2. The van der Waals surface area contributed by atoms with Crippen molar-refractivity contribution in [3.8, 4) is 0 Å². The Morgan fingerprint density at radius 3 is 1.85 bits per heavy atom. The van der Waals surface area contributed by atoms with Crippen molar-refractivity contribution >= 4 is 52.7 Å². The summed E-state index contributed by atoms with van der Waals surface area (Å²) in [5.41, 5.74) is 2.61. The predicted octanol–water partition coefficient (Wildman–Crippen LogP) is 1.09. The van der Waals surface area contributed by atoms with Crippen LogP contribution < -0.4 is 17.0 Å².